The van der Waals surface area contributed by atoms with Gasteiger partial charge in [0.15, 0.2) is 0 Å². The average molecular weight is 279 g/mol. The van der Waals surface area contributed by atoms with Gasteiger partial charge >= 0.3 is 0 Å². The van der Waals surface area contributed by atoms with E-state index < -0.39 is 0 Å². The zero-order chi connectivity index (χ0) is 13.3. The van der Waals surface area contributed by atoms with E-state index in [1.807, 2.05) is 18.2 Å². The van der Waals surface area contributed by atoms with Crippen LogP contribution in [0.2, 0.25) is 5.02 Å². The smallest absolute Gasteiger partial charge is 0.130 e. The monoisotopic (exact) mass is 278 g/mol. The summed E-state index contributed by atoms with van der Waals surface area (Å²) in [7, 11) is 0. The van der Waals surface area contributed by atoms with Crippen LogP contribution in [0.15, 0.2) is 24.3 Å². The maximum atomic E-state index is 6.24. The summed E-state index contributed by atoms with van der Waals surface area (Å²) in [6.07, 6.45) is 6.38. The number of hydrogen-bond acceptors (Lipinski definition) is 3. The number of fused-ring (bicyclic) bond motifs is 1. The van der Waals surface area contributed by atoms with Gasteiger partial charge in [-0.15, -0.1) is 0 Å². The molecule has 1 saturated heterocycles. The third-order valence-electron chi connectivity index (χ3n) is 4.00. The van der Waals surface area contributed by atoms with Gasteiger partial charge in [0.1, 0.15) is 11.4 Å². The normalized spacial score (nSPS) is 21.2. The number of ether oxygens (including phenoxy) is 1. The van der Waals surface area contributed by atoms with E-state index in [2.05, 4.69) is 17.1 Å². The highest BCUT2D eigenvalue weighted by molar-refractivity contribution is 6.30. The lowest BCUT2D eigenvalue weighted by Crippen LogP contribution is -2.48. The van der Waals surface area contributed by atoms with Gasteiger partial charge in [0, 0.05) is 49.6 Å². The Morgan fingerprint density at radius 1 is 1.32 bits per heavy atom. The lowest BCUT2D eigenvalue weighted by atomic mass is 9.88. The van der Waals surface area contributed by atoms with Crippen molar-refractivity contribution in [3.8, 4) is 5.75 Å². The first-order chi connectivity index (χ1) is 9.21. The van der Waals surface area contributed by atoms with E-state index in [-0.39, 0.29) is 5.60 Å². The highest BCUT2D eigenvalue weighted by atomic mass is 35.5. The molecular formula is C15H19ClN2O. The van der Waals surface area contributed by atoms with E-state index in [4.69, 9.17) is 22.1 Å². The standard InChI is InChI=1S/C15H19ClN2O/c16-13-1-2-14-12(11-13)3-4-15(19-14)5-8-18(9-6-15)10-7-17/h1-4,11H,5-10,17H2. The summed E-state index contributed by atoms with van der Waals surface area (Å²) in [5.41, 5.74) is 6.55. The Morgan fingerprint density at radius 3 is 2.84 bits per heavy atom. The van der Waals surface area contributed by atoms with Gasteiger partial charge in [-0.1, -0.05) is 17.7 Å². The maximum Gasteiger partial charge on any atom is 0.130 e. The third kappa shape index (κ3) is 2.64. The summed E-state index contributed by atoms with van der Waals surface area (Å²) in [5.74, 6) is 0.944. The van der Waals surface area contributed by atoms with Crippen LogP contribution in [0.25, 0.3) is 6.08 Å². The molecule has 0 amide bonds. The second-order valence-corrected chi connectivity index (χ2v) is 5.75. The first kappa shape index (κ1) is 13.0. The Kier molecular flexibility index (Phi) is 3.52. The van der Waals surface area contributed by atoms with Gasteiger partial charge in [-0.2, -0.15) is 0 Å². The van der Waals surface area contributed by atoms with Crippen molar-refractivity contribution >= 4 is 17.7 Å². The molecule has 2 N–H and O–H groups in total. The van der Waals surface area contributed by atoms with Crippen LogP contribution in [-0.2, 0) is 0 Å². The summed E-state index contributed by atoms with van der Waals surface area (Å²) in [4.78, 5) is 2.40. The van der Waals surface area contributed by atoms with Crippen LogP contribution in [0.1, 0.15) is 18.4 Å². The Bertz CT molecular complexity index is 493. The number of likely N-dealkylation sites (tertiary alicyclic amines) is 1. The molecule has 0 atom stereocenters. The van der Waals surface area contributed by atoms with Crippen molar-refractivity contribution in [2.45, 2.75) is 18.4 Å². The summed E-state index contributed by atoms with van der Waals surface area (Å²) < 4.78 is 6.24. The predicted molar refractivity (Wildman–Crippen MR) is 78.6 cm³/mol. The average Bonchev–Trinajstić information content (AvgIpc) is 2.42. The molecule has 19 heavy (non-hydrogen) atoms. The molecule has 1 aromatic rings. The summed E-state index contributed by atoms with van der Waals surface area (Å²) in [6.45, 7) is 3.80. The zero-order valence-electron chi connectivity index (χ0n) is 10.9. The fraction of sp³-hybridized carbons (Fsp3) is 0.467. The van der Waals surface area contributed by atoms with E-state index in [9.17, 15) is 0 Å². The maximum absolute atomic E-state index is 6.24. The fourth-order valence-electron chi connectivity index (χ4n) is 2.84. The van der Waals surface area contributed by atoms with E-state index >= 15 is 0 Å². The second kappa shape index (κ2) is 5.16. The Hall–Kier alpha value is -1.03. The summed E-state index contributed by atoms with van der Waals surface area (Å²) in [6, 6.07) is 5.80. The highest BCUT2D eigenvalue weighted by Gasteiger charge is 2.36. The molecule has 0 aromatic heterocycles. The molecule has 2 aliphatic rings. The molecule has 0 radical (unpaired) electrons. The summed E-state index contributed by atoms with van der Waals surface area (Å²) in [5, 5.41) is 0.751. The van der Waals surface area contributed by atoms with Gasteiger partial charge < -0.3 is 15.4 Å². The van der Waals surface area contributed by atoms with Gasteiger partial charge in [0.25, 0.3) is 0 Å². The topological polar surface area (TPSA) is 38.5 Å². The number of rotatable bonds is 2. The molecule has 1 spiro atoms. The molecule has 0 bridgehead atoms. The van der Waals surface area contributed by atoms with E-state index in [1.54, 1.807) is 0 Å². The quantitative estimate of drug-likeness (QED) is 0.904. The first-order valence-electron chi connectivity index (χ1n) is 6.81. The van der Waals surface area contributed by atoms with Crippen molar-refractivity contribution in [2.24, 2.45) is 5.73 Å². The van der Waals surface area contributed by atoms with Crippen LogP contribution in [0.3, 0.4) is 0 Å². The molecule has 0 unspecified atom stereocenters. The Morgan fingerprint density at radius 2 is 2.11 bits per heavy atom. The van der Waals surface area contributed by atoms with Crippen molar-refractivity contribution in [2.75, 3.05) is 26.2 Å². The lowest BCUT2D eigenvalue weighted by molar-refractivity contribution is 0.0398. The highest BCUT2D eigenvalue weighted by Crippen LogP contribution is 2.37. The molecule has 4 heteroatoms. The van der Waals surface area contributed by atoms with Crippen LogP contribution >= 0.6 is 11.6 Å². The van der Waals surface area contributed by atoms with Crippen LogP contribution in [-0.4, -0.2) is 36.7 Å². The molecule has 0 aliphatic carbocycles. The van der Waals surface area contributed by atoms with Gasteiger partial charge in [0.2, 0.25) is 0 Å². The molecule has 3 rings (SSSR count). The Labute approximate surface area is 119 Å². The summed E-state index contributed by atoms with van der Waals surface area (Å²) >= 11 is 6.00. The molecule has 2 aliphatic heterocycles. The number of piperidine rings is 1. The van der Waals surface area contributed by atoms with Crippen molar-refractivity contribution < 1.29 is 4.74 Å². The molecular weight excluding hydrogens is 260 g/mol. The largest absolute Gasteiger partial charge is 0.482 e. The van der Waals surface area contributed by atoms with Gasteiger partial charge in [-0.25, -0.2) is 0 Å². The number of halogens is 1. The van der Waals surface area contributed by atoms with Gasteiger partial charge in [-0.05, 0) is 24.3 Å². The number of nitrogens with two attached hydrogens (primary N) is 1. The van der Waals surface area contributed by atoms with E-state index in [1.165, 1.54) is 0 Å². The van der Waals surface area contributed by atoms with Crippen molar-refractivity contribution in [1.82, 2.24) is 4.90 Å². The van der Waals surface area contributed by atoms with Crippen LogP contribution in [0.4, 0.5) is 0 Å². The van der Waals surface area contributed by atoms with Crippen molar-refractivity contribution in [3.63, 3.8) is 0 Å². The minimum atomic E-state index is -0.133. The van der Waals surface area contributed by atoms with Crippen molar-refractivity contribution in [3.05, 3.63) is 34.9 Å². The van der Waals surface area contributed by atoms with E-state index in [0.717, 1.165) is 55.4 Å². The Balaban J connectivity index is 1.74. The molecule has 2 heterocycles. The minimum Gasteiger partial charge on any atom is -0.482 e. The molecule has 1 fully saturated rings. The van der Waals surface area contributed by atoms with Crippen LogP contribution < -0.4 is 10.5 Å². The number of nitrogens with zero attached hydrogens (tertiary/aromatic N) is 1. The third-order valence-corrected chi connectivity index (χ3v) is 4.23. The SMILES string of the molecule is NCCN1CCC2(C=Cc3cc(Cl)ccc3O2)CC1. The minimum absolute atomic E-state index is 0.133. The van der Waals surface area contributed by atoms with Gasteiger partial charge in [0.05, 0.1) is 0 Å². The molecule has 102 valence electrons. The van der Waals surface area contributed by atoms with Crippen molar-refractivity contribution in [1.29, 1.82) is 0 Å². The van der Waals surface area contributed by atoms with Crippen LogP contribution in [0, 0.1) is 0 Å². The molecule has 1 aromatic carbocycles. The second-order valence-electron chi connectivity index (χ2n) is 5.31. The molecule has 3 nitrogen and oxygen atoms in total. The van der Waals surface area contributed by atoms with E-state index in [0.29, 0.717) is 0 Å². The first-order valence-corrected chi connectivity index (χ1v) is 7.19. The van der Waals surface area contributed by atoms with Gasteiger partial charge in [-0.3, -0.25) is 0 Å². The predicted octanol–water partition coefficient (Wildman–Crippen LogP) is 2.54. The molecule has 0 saturated carbocycles. The number of benzene rings is 1. The lowest BCUT2D eigenvalue weighted by Gasteiger charge is -2.41. The number of hydrogen-bond donors (Lipinski definition) is 1. The fourth-order valence-corrected chi connectivity index (χ4v) is 3.02. The van der Waals surface area contributed by atoms with Crippen LogP contribution in [0.5, 0.6) is 5.75 Å². The zero-order valence-corrected chi connectivity index (χ0v) is 11.7.